The number of ketones is 1. The summed E-state index contributed by atoms with van der Waals surface area (Å²) in [6.45, 7) is 7.98. The zero-order valence-corrected chi connectivity index (χ0v) is 20.1. The van der Waals surface area contributed by atoms with Crippen LogP contribution in [0.1, 0.15) is 101 Å². The fourth-order valence-electron chi connectivity index (χ4n) is 4.29. The van der Waals surface area contributed by atoms with Crippen molar-refractivity contribution in [2.75, 3.05) is 19.6 Å². The molecule has 6 heteroatoms. The number of carbonyl (C=O) groups is 3. The number of likely N-dealkylation sites (tertiary alicyclic amines) is 1. The lowest BCUT2D eigenvalue weighted by atomic mass is 9.87. The highest BCUT2D eigenvalue weighted by Gasteiger charge is 2.32. The first-order valence-corrected chi connectivity index (χ1v) is 12.0. The number of benzene rings is 1. The molecule has 1 saturated carbocycles. The van der Waals surface area contributed by atoms with E-state index >= 15 is 0 Å². The van der Waals surface area contributed by atoms with Gasteiger partial charge in [0.1, 0.15) is 11.6 Å². The Bertz CT molecular complexity index is 785. The van der Waals surface area contributed by atoms with Gasteiger partial charge in [-0.25, -0.2) is 4.39 Å². The van der Waals surface area contributed by atoms with Crippen LogP contribution in [0.3, 0.4) is 0 Å². The molecule has 1 heterocycles. The maximum absolute atomic E-state index is 14.9. The van der Waals surface area contributed by atoms with Crippen LogP contribution in [0.25, 0.3) is 0 Å². The first-order chi connectivity index (χ1) is 15.1. The number of piperidine rings is 1. The Morgan fingerprint density at radius 3 is 2.16 bits per heavy atom. The standard InChI is InChI=1S/C20H27FN2O3.C6H12/c1-13(24)11-22-18(25)16-9-5-8-15(17(16)21)14-7-6-10-23(12-14)19(26)20(2,3)4;1-2-4-6-5-3-1/h5,8-9,14H,6-7,10-12H2,1-4H3,(H,22,25);1-6H2. The number of halogens is 1. The van der Waals surface area contributed by atoms with Gasteiger partial charge in [-0.3, -0.25) is 14.4 Å². The molecule has 1 aromatic carbocycles. The molecule has 2 fully saturated rings. The van der Waals surface area contributed by atoms with Crippen molar-refractivity contribution in [3.05, 3.63) is 35.1 Å². The highest BCUT2D eigenvalue weighted by molar-refractivity contribution is 5.96. The molecule has 178 valence electrons. The summed E-state index contributed by atoms with van der Waals surface area (Å²) in [5.41, 5.74) is -0.0932. The number of amides is 2. The van der Waals surface area contributed by atoms with Gasteiger partial charge in [0, 0.05) is 24.4 Å². The molecule has 5 nitrogen and oxygen atoms in total. The molecule has 1 N–H and O–H groups in total. The van der Waals surface area contributed by atoms with Crippen molar-refractivity contribution in [2.24, 2.45) is 5.41 Å². The number of Topliss-reactive ketones (excluding diaryl/α,β-unsaturated/α-hetero) is 1. The van der Waals surface area contributed by atoms with Crippen molar-refractivity contribution in [3.8, 4) is 0 Å². The van der Waals surface area contributed by atoms with Crippen molar-refractivity contribution < 1.29 is 18.8 Å². The van der Waals surface area contributed by atoms with Gasteiger partial charge in [0.2, 0.25) is 5.91 Å². The van der Waals surface area contributed by atoms with Crippen LogP contribution in [0, 0.1) is 11.2 Å². The smallest absolute Gasteiger partial charge is 0.254 e. The second-order valence-corrected chi connectivity index (χ2v) is 10.1. The monoisotopic (exact) mass is 446 g/mol. The van der Waals surface area contributed by atoms with Crippen molar-refractivity contribution >= 4 is 17.6 Å². The molecule has 0 aromatic heterocycles. The molecule has 2 amide bonds. The highest BCUT2D eigenvalue weighted by Crippen LogP contribution is 2.32. The molecule has 1 aromatic rings. The van der Waals surface area contributed by atoms with E-state index in [0.717, 1.165) is 12.8 Å². The van der Waals surface area contributed by atoms with Crippen LogP contribution in [-0.2, 0) is 9.59 Å². The molecule has 0 bridgehead atoms. The van der Waals surface area contributed by atoms with E-state index in [0.29, 0.717) is 18.7 Å². The second-order valence-electron chi connectivity index (χ2n) is 10.1. The van der Waals surface area contributed by atoms with E-state index in [-0.39, 0.29) is 29.7 Å². The van der Waals surface area contributed by atoms with Gasteiger partial charge in [-0.15, -0.1) is 0 Å². The molecular formula is C26H39FN2O3. The SMILES string of the molecule is C1CCCCC1.CC(=O)CNC(=O)c1cccc(C2CCCN(C(=O)C(C)(C)C)C2)c1F. The molecule has 0 spiro atoms. The highest BCUT2D eigenvalue weighted by atomic mass is 19.1. The zero-order valence-electron chi connectivity index (χ0n) is 20.1. The minimum Gasteiger partial charge on any atom is -0.345 e. The van der Waals surface area contributed by atoms with Gasteiger partial charge >= 0.3 is 0 Å². The first-order valence-electron chi connectivity index (χ1n) is 12.0. The molecule has 1 unspecified atom stereocenters. The molecule has 0 radical (unpaired) electrons. The van der Waals surface area contributed by atoms with Crippen LogP contribution >= 0.6 is 0 Å². The van der Waals surface area contributed by atoms with Crippen LogP contribution in [0.5, 0.6) is 0 Å². The summed E-state index contributed by atoms with van der Waals surface area (Å²) < 4.78 is 14.9. The largest absolute Gasteiger partial charge is 0.345 e. The molecule has 3 rings (SSSR count). The third-order valence-corrected chi connectivity index (χ3v) is 6.06. The molecule has 1 aliphatic carbocycles. The van der Waals surface area contributed by atoms with E-state index in [4.69, 9.17) is 0 Å². The van der Waals surface area contributed by atoms with Gasteiger partial charge in [0.15, 0.2) is 0 Å². The Morgan fingerprint density at radius 2 is 1.62 bits per heavy atom. The van der Waals surface area contributed by atoms with Crippen molar-refractivity contribution in [3.63, 3.8) is 0 Å². The maximum Gasteiger partial charge on any atom is 0.254 e. The lowest BCUT2D eigenvalue weighted by Gasteiger charge is -2.36. The third kappa shape index (κ3) is 7.72. The Balaban J connectivity index is 0.000000520. The van der Waals surface area contributed by atoms with Gasteiger partial charge < -0.3 is 10.2 Å². The van der Waals surface area contributed by atoms with E-state index in [1.165, 1.54) is 51.5 Å². The van der Waals surface area contributed by atoms with Crippen LogP contribution < -0.4 is 5.32 Å². The topological polar surface area (TPSA) is 66.5 Å². The molecular weight excluding hydrogens is 407 g/mol. The van der Waals surface area contributed by atoms with E-state index < -0.39 is 17.1 Å². The van der Waals surface area contributed by atoms with Crippen molar-refractivity contribution in [1.82, 2.24) is 10.2 Å². The van der Waals surface area contributed by atoms with Crippen molar-refractivity contribution in [2.45, 2.75) is 85.0 Å². The van der Waals surface area contributed by atoms with Crippen LogP contribution in [0.2, 0.25) is 0 Å². The molecule has 32 heavy (non-hydrogen) atoms. The Morgan fingerprint density at radius 1 is 1.03 bits per heavy atom. The van der Waals surface area contributed by atoms with Gasteiger partial charge in [-0.2, -0.15) is 0 Å². The summed E-state index contributed by atoms with van der Waals surface area (Å²) in [6, 6.07) is 4.73. The van der Waals surface area contributed by atoms with Crippen LogP contribution in [0.4, 0.5) is 4.39 Å². The lowest BCUT2D eigenvalue weighted by Crippen LogP contribution is -2.44. The maximum atomic E-state index is 14.9. The quantitative estimate of drug-likeness (QED) is 0.688. The number of hydrogen-bond acceptors (Lipinski definition) is 3. The van der Waals surface area contributed by atoms with Crippen LogP contribution in [-0.4, -0.2) is 42.1 Å². The third-order valence-electron chi connectivity index (χ3n) is 6.06. The second kappa shape index (κ2) is 12.1. The number of rotatable bonds is 4. The fraction of sp³-hybridized carbons (Fsp3) is 0.654. The Kier molecular flexibility index (Phi) is 9.85. The van der Waals surface area contributed by atoms with Gasteiger partial charge in [-0.05, 0) is 31.4 Å². The average molecular weight is 447 g/mol. The van der Waals surface area contributed by atoms with E-state index in [1.54, 1.807) is 17.0 Å². The van der Waals surface area contributed by atoms with Gasteiger partial charge in [-0.1, -0.05) is 71.4 Å². The Hall–Kier alpha value is -2.24. The molecule has 1 saturated heterocycles. The fourth-order valence-corrected chi connectivity index (χ4v) is 4.29. The molecule has 1 atom stereocenters. The minimum absolute atomic E-state index is 0.0537. The average Bonchev–Trinajstić information content (AvgIpc) is 2.78. The van der Waals surface area contributed by atoms with Gasteiger partial charge in [0.05, 0.1) is 12.1 Å². The summed E-state index contributed by atoms with van der Waals surface area (Å²) in [5, 5.41) is 2.42. The summed E-state index contributed by atoms with van der Waals surface area (Å²) >= 11 is 0. The first kappa shape index (κ1) is 26.0. The van der Waals surface area contributed by atoms with E-state index in [1.807, 2.05) is 20.8 Å². The summed E-state index contributed by atoms with van der Waals surface area (Å²) in [4.78, 5) is 37.5. The van der Waals surface area contributed by atoms with E-state index in [2.05, 4.69) is 5.32 Å². The van der Waals surface area contributed by atoms with E-state index in [9.17, 15) is 18.8 Å². The number of nitrogens with one attached hydrogen (secondary N) is 1. The Labute approximate surface area is 192 Å². The summed E-state index contributed by atoms with van der Waals surface area (Å²) in [5.74, 6) is -1.45. The summed E-state index contributed by atoms with van der Waals surface area (Å²) in [7, 11) is 0. The zero-order chi connectivity index (χ0) is 23.7. The molecule has 2 aliphatic rings. The molecule has 1 aliphatic heterocycles. The minimum atomic E-state index is -0.599. The predicted octanol–water partition coefficient (Wildman–Crippen LogP) is 5.24. The number of hydrogen-bond donors (Lipinski definition) is 1. The van der Waals surface area contributed by atoms with Crippen molar-refractivity contribution in [1.29, 1.82) is 0 Å². The number of carbonyl (C=O) groups excluding carboxylic acids is 3. The van der Waals surface area contributed by atoms with Crippen LogP contribution in [0.15, 0.2) is 18.2 Å². The van der Waals surface area contributed by atoms with Gasteiger partial charge in [0.25, 0.3) is 5.91 Å². The lowest BCUT2D eigenvalue weighted by molar-refractivity contribution is -0.140. The number of nitrogens with zero attached hydrogens (tertiary/aromatic N) is 1. The predicted molar refractivity (Wildman–Crippen MR) is 125 cm³/mol. The summed E-state index contributed by atoms with van der Waals surface area (Å²) in [6.07, 6.45) is 10.6. The normalized spacial score (nSPS) is 18.9.